The summed E-state index contributed by atoms with van der Waals surface area (Å²) < 4.78 is 0. The first-order chi connectivity index (χ1) is 6.93. The van der Waals surface area contributed by atoms with Gasteiger partial charge in [-0.25, -0.2) is 0 Å². The Kier molecular flexibility index (Phi) is 2.68. The molecule has 1 unspecified atom stereocenters. The van der Waals surface area contributed by atoms with Gasteiger partial charge in [0.05, 0.1) is 14.2 Å². The molecule has 0 radical (unpaired) electrons. The topological polar surface area (TPSA) is 20.2 Å². The van der Waals surface area contributed by atoms with E-state index in [2.05, 4.69) is 38.7 Å². The highest BCUT2D eigenvalue weighted by atomic mass is 28.3. The Hall–Kier alpha value is -0.343. The maximum atomic E-state index is 10.1. The summed E-state index contributed by atoms with van der Waals surface area (Å²) in [5.74, 6) is 1.09. The molecule has 0 aromatic rings. The van der Waals surface area contributed by atoms with E-state index in [4.69, 9.17) is 0 Å². The zero-order valence-corrected chi connectivity index (χ0v) is 11.0. The molecule has 2 rings (SSSR count). The molecule has 1 aliphatic carbocycles. The van der Waals surface area contributed by atoms with Crippen molar-refractivity contribution < 1.29 is 5.11 Å². The van der Waals surface area contributed by atoms with Crippen molar-refractivity contribution in [1.29, 1.82) is 0 Å². The van der Waals surface area contributed by atoms with E-state index in [9.17, 15) is 5.11 Å². The van der Waals surface area contributed by atoms with Gasteiger partial charge in [0.2, 0.25) is 0 Å². The predicted molar refractivity (Wildman–Crippen MR) is 67.4 cm³/mol. The van der Waals surface area contributed by atoms with Crippen molar-refractivity contribution in [2.75, 3.05) is 0 Å². The van der Waals surface area contributed by atoms with Crippen LogP contribution in [0.5, 0.6) is 0 Å². The third-order valence-corrected chi connectivity index (χ3v) is 8.99. The average molecular weight is 222 g/mol. The molecule has 2 aliphatic rings. The molecule has 1 saturated heterocycles. The molecule has 1 fully saturated rings. The third-order valence-electron chi connectivity index (χ3n) is 4.49. The van der Waals surface area contributed by atoms with Crippen LogP contribution in [0.1, 0.15) is 19.8 Å². The van der Waals surface area contributed by atoms with Crippen LogP contribution in [0.15, 0.2) is 23.9 Å². The van der Waals surface area contributed by atoms with Crippen molar-refractivity contribution in [1.82, 2.24) is 0 Å². The van der Waals surface area contributed by atoms with Crippen LogP contribution in [0, 0.1) is 11.8 Å². The molecular weight excluding hydrogens is 200 g/mol. The third kappa shape index (κ3) is 1.74. The van der Waals surface area contributed by atoms with Crippen LogP contribution in [0.25, 0.3) is 0 Å². The quantitative estimate of drug-likeness (QED) is 0.493. The summed E-state index contributed by atoms with van der Waals surface area (Å²) in [5, 5.41) is 11.5. The molecule has 0 aromatic carbocycles. The van der Waals surface area contributed by atoms with Gasteiger partial charge in [0, 0.05) is 5.92 Å². The van der Waals surface area contributed by atoms with E-state index >= 15 is 0 Å². The maximum Gasteiger partial charge on any atom is 0.0785 e. The summed E-state index contributed by atoms with van der Waals surface area (Å²) in [5.41, 5.74) is 0.703. The van der Waals surface area contributed by atoms with Crippen LogP contribution in [-0.4, -0.2) is 19.3 Å². The number of fused-ring (bicyclic) bond motifs is 1. The van der Waals surface area contributed by atoms with Crippen molar-refractivity contribution in [2.45, 2.75) is 44.5 Å². The van der Waals surface area contributed by atoms with Gasteiger partial charge in [-0.1, -0.05) is 37.4 Å². The summed E-state index contributed by atoms with van der Waals surface area (Å²) in [7, 11) is -1.35. The van der Waals surface area contributed by atoms with E-state index in [1.807, 2.05) is 0 Å². The molecule has 1 N–H and O–H groups in total. The smallest absolute Gasteiger partial charge is 0.0785 e. The largest absolute Gasteiger partial charge is 0.392 e. The molecule has 0 amide bonds. The van der Waals surface area contributed by atoms with Gasteiger partial charge in [-0.2, -0.15) is 0 Å². The fourth-order valence-corrected chi connectivity index (χ4v) is 6.69. The lowest BCUT2D eigenvalue weighted by molar-refractivity contribution is 0.113. The molecule has 1 nitrogen and oxygen atoms in total. The normalized spacial score (nSPS) is 43.9. The van der Waals surface area contributed by atoms with Gasteiger partial charge in [-0.15, -0.1) is 6.58 Å². The Morgan fingerprint density at radius 3 is 2.73 bits per heavy atom. The van der Waals surface area contributed by atoms with Gasteiger partial charge in [0.25, 0.3) is 0 Å². The fourth-order valence-electron chi connectivity index (χ4n) is 3.17. The van der Waals surface area contributed by atoms with Gasteiger partial charge in [0.1, 0.15) is 0 Å². The second-order valence-electron chi connectivity index (χ2n) is 5.88. The van der Waals surface area contributed by atoms with Crippen LogP contribution >= 0.6 is 0 Å². The molecule has 84 valence electrons. The number of rotatable bonds is 0. The Bertz CT molecular complexity index is 306. The van der Waals surface area contributed by atoms with Crippen LogP contribution < -0.4 is 0 Å². The van der Waals surface area contributed by atoms with Crippen LogP contribution in [-0.2, 0) is 0 Å². The lowest BCUT2D eigenvalue weighted by Gasteiger charge is -2.48. The first-order valence-corrected chi connectivity index (χ1v) is 9.05. The van der Waals surface area contributed by atoms with Crippen LogP contribution in [0.4, 0.5) is 0 Å². The molecule has 0 spiro atoms. The van der Waals surface area contributed by atoms with Crippen LogP contribution in [0.3, 0.4) is 0 Å². The molecule has 4 atom stereocenters. The Morgan fingerprint density at radius 1 is 1.40 bits per heavy atom. The van der Waals surface area contributed by atoms with Gasteiger partial charge in [-0.05, 0) is 24.3 Å². The molecule has 15 heavy (non-hydrogen) atoms. The van der Waals surface area contributed by atoms with E-state index in [-0.39, 0.29) is 6.10 Å². The molecule has 2 heteroatoms. The van der Waals surface area contributed by atoms with Gasteiger partial charge in [0.15, 0.2) is 0 Å². The summed E-state index contributed by atoms with van der Waals surface area (Å²) in [6, 6.07) is 0. The van der Waals surface area contributed by atoms with E-state index in [0.29, 0.717) is 17.4 Å². The van der Waals surface area contributed by atoms with E-state index in [1.54, 1.807) is 0 Å². The van der Waals surface area contributed by atoms with E-state index in [1.165, 1.54) is 11.6 Å². The second kappa shape index (κ2) is 3.60. The predicted octanol–water partition coefficient (Wildman–Crippen LogP) is 3.14. The lowest BCUT2D eigenvalue weighted by Crippen LogP contribution is -2.49. The van der Waals surface area contributed by atoms with Crippen molar-refractivity contribution in [2.24, 2.45) is 11.8 Å². The minimum atomic E-state index is -1.35. The van der Waals surface area contributed by atoms with Crippen molar-refractivity contribution in [3.05, 3.63) is 23.9 Å². The molecule has 0 aromatic heterocycles. The molecule has 0 bridgehead atoms. The van der Waals surface area contributed by atoms with E-state index < -0.39 is 8.07 Å². The fraction of sp³-hybridized carbons (Fsp3) is 0.692. The van der Waals surface area contributed by atoms with E-state index in [0.717, 1.165) is 6.42 Å². The number of allylic oxidation sites excluding steroid dienone is 1. The second-order valence-corrected chi connectivity index (χ2v) is 10.8. The maximum absolute atomic E-state index is 10.1. The molecular formula is C13H22OSi. The van der Waals surface area contributed by atoms with Gasteiger partial charge in [-0.3, -0.25) is 0 Å². The molecule has 1 aliphatic heterocycles. The highest BCUT2D eigenvalue weighted by Gasteiger charge is 2.47. The Morgan fingerprint density at radius 2 is 2.07 bits per heavy atom. The summed E-state index contributed by atoms with van der Waals surface area (Å²) in [4.78, 5) is 0. The van der Waals surface area contributed by atoms with Crippen molar-refractivity contribution in [3.63, 3.8) is 0 Å². The molecule has 1 heterocycles. The lowest BCUT2D eigenvalue weighted by atomic mass is 9.84. The van der Waals surface area contributed by atoms with Crippen LogP contribution in [0.2, 0.25) is 18.6 Å². The summed E-state index contributed by atoms with van der Waals surface area (Å²) in [6.07, 6.45) is 6.45. The van der Waals surface area contributed by atoms with Gasteiger partial charge >= 0.3 is 0 Å². The number of aliphatic hydroxyl groups is 1. The Labute approximate surface area is 93.9 Å². The zero-order valence-electron chi connectivity index (χ0n) is 10.0. The standard InChI is InChI=1S/C13H22OSi/c1-9-5-6-11-12(14)8-10(2)15(3,4)13(11)7-9/h5-6,9,11-14H,2,7-8H2,1,3-4H3/t9?,11-,12-,13+/m0/s1. The van der Waals surface area contributed by atoms with Crippen molar-refractivity contribution >= 4 is 8.07 Å². The van der Waals surface area contributed by atoms with Crippen molar-refractivity contribution in [3.8, 4) is 0 Å². The minimum absolute atomic E-state index is 0.174. The highest BCUT2D eigenvalue weighted by Crippen LogP contribution is 2.49. The summed E-state index contributed by atoms with van der Waals surface area (Å²) in [6.45, 7) is 11.3. The molecule has 0 saturated carbocycles. The average Bonchev–Trinajstić information content (AvgIpc) is 2.15. The number of hydrogen-bond acceptors (Lipinski definition) is 1. The minimum Gasteiger partial charge on any atom is -0.392 e. The highest BCUT2D eigenvalue weighted by molar-refractivity contribution is 6.85. The number of aliphatic hydroxyl groups excluding tert-OH is 1. The first-order valence-electron chi connectivity index (χ1n) is 5.97. The Balaban J connectivity index is 2.33. The monoisotopic (exact) mass is 222 g/mol. The van der Waals surface area contributed by atoms with Gasteiger partial charge < -0.3 is 5.11 Å². The SMILES string of the molecule is C=C1C[C@H](O)[C@@H]2C=CC(C)C[C@H]2[Si]1(C)C. The first kappa shape index (κ1) is 11.2. The number of hydrogen-bond donors (Lipinski definition) is 1. The zero-order chi connectivity index (χ0) is 11.2. The summed E-state index contributed by atoms with van der Waals surface area (Å²) >= 11 is 0.